The Bertz CT molecular complexity index is 420. The summed E-state index contributed by atoms with van der Waals surface area (Å²) in [5.41, 5.74) is -0.271. The van der Waals surface area contributed by atoms with Crippen LogP contribution in [0.25, 0.3) is 0 Å². The van der Waals surface area contributed by atoms with Crippen LogP contribution in [0.3, 0.4) is 0 Å². The monoisotopic (exact) mass is 509 g/mol. The summed E-state index contributed by atoms with van der Waals surface area (Å²) in [5.74, 6) is 0. The van der Waals surface area contributed by atoms with Crippen molar-refractivity contribution >= 4 is 17.6 Å². The van der Waals surface area contributed by atoms with E-state index in [1.165, 1.54) is 0 Å². The summed E-state index contributed by atoms with van der Waals surface area (Å²) in [5, 5.41) is 3.84. The average molecular weight is 510 g/mol. The molecule has 9 heteroatoms. The van der Waals surface area contributed by atoms with E-state index in [1.54, 1.807) is 0 Å². The van der Waals surface area contributed by atoms with Crippen LogP contribution in [0, 0.1) is 0 Å². The molecule has 0 radical (unpaired) electrons. The van der Waals surface area contributed by atoms with E-state index >= 15 is 0 Å². The van der Waals surface area contributed by atoms with Gasteiger partial charge in [0.1, 0.15) is 0 Å². The van der Waals surface area contributed by atoms with Crippen LogP contribution >= 0.6 is 0 Å². The Morgan fingerprint density at radius 3 is 0.727 bits per heavy atom. The van der Waals surface area contributed by atoms with Gasteiger partial charge in [-0.25, -0.2) is 0 Å². The van der Waals surface area contributed by atoms with E-state index in [0.717, 1.165) is 12.8 Å². The summed E-state index contributed by atoms with van der Waals surface area (Å²) in [6.45, 7) is 28.7. The van der Waals surface area contributed by atoms with Crippen LogP contribution in [0.5, 0.6) is 0 Å². The van der Waals surface area contributed by atoms with Crippen molar-refractivity contribution in [1.82, 2.24) is 5.32 Å². The Morgan fingerprint density at radius 1 is 0.424 bits per heavy atom. The molecule has 0 bridgehead atoms. The molecule has 7 nitrogen and oxygen atoms in total. The first-order valence-corrected chi connectivity index (χ1v) is 16.6. The molecule has 0 aliphatic heterocycles. The van der Waals surface area contributed by atoms with Crippen molar-refractivity contribution < 1.29 is 26.6 Å². The third kappa shape index (κ3) is 11.6. The van der Waals surface area contributed by atoms with Crippen LogP contribution in [0.4, 0.5) is 0 Å². The van der Waals surface area contributed by atoms with Crippen molar-refractivity contribution in [2.24, 2.45) is 0 Å². The van der Waals surface area contributed by atoms with E-state index in [0.29, 0.717) is 0 Å². The number of hydrogen-bond acceptors (Lipinski definition) is 7. The highest BCUT2D eigenvalue weighted by Gasteiger charge is 2.57. The summed E-state index contributed by atoms with van der Waals surface area (Å²) < 4.78 is 39.2. The quantitative estimate of drug-likeness (QED) is 0.240. The Morgan fingerprint density at radius 2 is 0.606 bits per heavy atom. The minimum atomic E-state index is -3.15. The van der Waals surface area contributed by atoms with Crippen molar-refractivity contribution in [3.63, 3.8) is 0 Å². The molecule has 0 aromatic heterocycles. The molecule has 0 spiro atoms. The minimum Gasteiger partial charge on any atom is -0.370 e. The fourth-order valence-electron chi connectivity index (χ4n) is 3.81. The summed E-state index contributed by atoms with van der Waals surface area (Å²) >= 11 is 0. The molecule has 0 heterocycles. The molecule has 0 aliphatic rings. The van der Waals surface area contributed by atoms with Gasteiger partial charge >= 0.3 is 17.6 Å². The molecular formula is C24H55NO6Si2. The maximum absolute atomic E-state index is 6.54. The fourth-order valence-corrected chi connectivity index (χ4v) is 11.1. The summed E-state index contributed by atoms with van der Waals surface area (Å²) in [7, 11) is -6.29. The molecule has 0 aromatic rings. The lowest BCUT2D eigenvalue weighted by Crippen LogP contribution is -2.71. The third-order valence-electron chi connectivity index (χ3n) is 4.47. The molecular weight excluding hydrogens is 454 g/mol. The lowest BCUT2D eigenvalue weighted by molar-refractivity contribution is -0.0174. The van der Waals surface area contributed by atoms with Crippen LogP contribution in [-0.2, 0) is 26.6 Å². The lowest BCUT2D eigenvalue weighted by Gasteiger charge is -2.44. The lowest BCUT2D eigenvalue weighted by atomic mass is 10.4. The van der Waals surface area contributed by atoms with Gasteiger partial charge < -0.3 is 31.9 Å². The molecule has 0 aliphatic carbocycles. The molecule has 33 heavy (non-hydrogen) atoms. The second-order valence-electron chi connectivity index (χ2n) is 10.3. The van der Waals surface area contributed by atoms with Gasteiger partial charge in [-0.3, -0.25) is 0 Å². The highest BCUT2D eigenvalue weighted by atomic mass is 28.4. The van der Waals surface area contributed by atoms with Gasteiger partial charge in [0, 0.05) is 36.6 Å². The summed E-state index contributed by atoms with van der Waals surface area (Å²) in [6, 6.07) is 0. The van der Waals surface area contributed by atoms with Crippen LogP contribution in [0.1, 0.15) is 110 Å². The second-order valence-corrected chi connectivity index (χ2v) is 15.5. The van der Waals surface area contributed by atoms with E-state index in [2.05, 4.69) is 19.2 Å². The van der Waals surface area contributed by atoms with Gasteiger partial charge in [-0.2, -0.15) is 0 Å². The third-order valence-corrected chi connectivity index (χ3v) is 12.1. The zero-order valence-electron chi connectivity index (χ0n) is 24.0. The number of rotatable bonds is 18. The molecule has 0 saturated carbocycles. The Kier molecular flexibility index (Phi) is 15.4. The van der Waals surface area contributed by atoms with E-state index in [1.807, 2.05) is 83.1 Å². The van der Waals surface area contributed by atoms with Crippen molar-refractivity contribution in [3.8, 4) is 0 Å². The normalized spacial score (nSPS) is 15.6. The Hall–Kier alpha value is 0.154. The largest absolute Gasteiger partial charge is 0.519 e. The zero-order valence-corrected chi connectivity index (χ0v) is 26.0. The first-order valence-electron chi connectivity index (χ1n) is 13.0. The molecule has 0 aromatic carbocycles. The van der Waals surface area contributed by atoms with Crippen molar-refractivity contribution in [1.29, 1.82) is 0 Å². The van der Waals surface area contributed by atoms with Gasteiger partial charge in [0.15, 0.2) is 0 Å². The van der Waals surface area contributed by atoms with Gasteiger partial charge in [0.05, 0.1) is 11.3 Å². The van der Waals surface area contributed by atoms with E-state index in [9.17, 15) is 0 Å². The highest BCUT2D eigenvalue weighted by molar-refractivity contribution is 6.64. The molecule has 0 fully saturated rings. The Balaban J connectivity index is 6.49. The predicted molar refractivity (Wildman–Crippen MR) is 140 cm³/mol. The zero-order chi connectivity index (χ0) is 26.0. The van der Waals surface area contributed by atoms with Crippen LogP contribution in [0.2, 0.25) is 0 Å². The molecule has 0 rings (SSSR count). The smallest absolute Gasteiger partial charge is 0.370 e. The van der Waals surface area contributed by atoms with Crippen molar-refractivity contribution in [2.45, 2.75) is 158 Å². The first kappa shape index (κ1) is 33.2. The first-order chi connectivity index (χ1) is 15.1. The SMILES string of the molecule is CCC(NC(CC)[Si](OC(C)C)(OC(C)C)OC(C)C)[Si](OC(C)C)(OC(C)C)OC(C)C. The fraction of sp³-hybridized carbons (Fsp3) is 1.00. The molecule has 200 valence electrons. The van der Waals surface area contributed by atoms with E-state index in [-0.39, 0.29) is 48.0 Å². The summed E-state index contributed by atoms with van der Waals surface area (Å²) in [6.07, 6.45) is 1.39. The highest BCUT2D eigenvalue weighted by Crippen LogP contribution is 2.28. The van der Waals surface area contributed by atoms with Gasteiger partial charge in [-0.15, -0.1) is 0 Å². The number of hydrogen-bond donors (Lipinski definition) is 1. The number of nitrogens with one attached hydrogen (secondary N) is 1. The average Bonchev–Trinajstić information content (AvgIpc) is 2.58. The topological polar surface area (TPSA) is 67.4 Å². The molecule has 0 amide bonds. The van der Waals surface area contributed by atoms with E-state index < -0.39 is 17.6 Å². The minimum absolute atomic E-state index is 0.0298. The van der Waals surface area contributed by atoms with Gasteiger partial charge in [0.25, 0.3) is 0 Å². The standard InChI is InChI=1S/C24H55NO6Si2/c1-15-23(32(26-17(3)4,27-18(5)6)28-19(7)8)25-24(16-2)33(29-20(9)10,30-21(11)12)31-22(13)14/h17-25H,15-16H2,1-14H3. The second kappa shape index (κ2) is 15.3. The van der Waals surface area contributed by atoms with Crippen LogP contribution < -0.4 is 5.32 Å². The van der Waals surface area contributed by atoms with Crippen molar-refractivity contribution in [2.75, 3.05) is 0 Å². The molecule has 2 unspecified atom stereocenters. The van der Waals surface area contributed by atoms with Crippen LogP contribution in [-0.4, -0.2) is 65.6 Å². The molecule has 1 N–H and O–H groups in total. The van der Waals surface area contributed by atoms with Gasteiger partial charge in [-0.1, -0.05) is 13.8 Å². The van der Waals surface area contributed by atoms with Crippen molar-refractivity contribution in [3.05, 3.63) is 0 Å². The van der Waals surface area contributed by atoms with E-state index in [4.69, 9.17) is 26.6 Å². The predicted octanol–water partition coefficient (Wildman–Crippen LogP) is 5.64. The molecule has 0 saturated heterocycles. The van der Waals surface area contributed by atoms with Crippen LogP contribution in [0.15, 0.2) is 0 Å². The van der Waals surface area contributed by atoms with Gasteiger partial charge in [0.2, 0.25) is 0 Å². The maximum atomic E-state index is 6.54. The summed E-state index contributed by atoms with van der Waals surface area (Å²) in [4.78, 5) is 0. The Labute approximate surface area is 207 Å². The molecule has 2 atom stereocenters. The maximum Gasteiger partial charge on any atom is 0.519 e. The van der Waals surface area contributed by atoms with Gasteiger partial charge in [-0.05, 0) is 95.9 Å².